The van der Waals surface area contributed by atoms with Crippen LogP contribution in [0.5, 0.6) is 11.5 Å². The Hall–Kier alpha value is -2.61. The van der Waals surface area contributed by atoms with Crippen LogP contribution < -0.4 is 14.3 Å². The highest BCUT2D eigenvalue weighted by Gasteiger charge is 2.17. The van der Waals surface area contributed by atoms with Crippen LogP contribution in [0.15, 0.2) is 27.7 Å². The molecule has 0 bridgehead atoms. The lowest BCUT2D eigenvalue weighted by Gasteiger charge is -1.97. The van der Waals surface area contributed by atoms with E-state index in [2.05, 4.69) is 10.1 Å². The molecule has 7 nitrogen and oxygen atoms in total. The molecule has 0 spiro atoms. The fourth-order valence-electron chi connectivity index (χ4n) is 2.23. The normalized spacial score (nSPS) is 14.0. The summed E-state index contributed by atoms with van der Waals surface area (Å²) >= 11 is 1.40. The van der Waals surface area contributed by atoms with Crippen molar-refractivity contribution in [3.05, 3.63) is 34.5 Å². The van der Waals surface area contributed by atoms with Crippen molar-refractivity contribution < 1.29 is 18.8 Å². The van der Waals surface area contributed by atoms with Crippen LogP contribution in [-0.2, 0) is 7.05 Å². The van der Waals surface area contributed by atoms with Gasteiger partial charge in [-0.3, -0.25) is 4.79 Å². The Labute approximate surface area is 128 Å². The lowest BCUT2D eigenvalue weighted by Crippen LogP contribution is -2.13. The molecule has 2 aromatic heterocycles. The third-order valence-electron chi connectivity index (χ3n) is 3.34. The molecule has 8 heteroatoms. The molecule has 1 amide bonds. The predicted molar refractivity (Wildman–Crippen MR) is 78.1 cm³/mol. The number of ether oxygens (including phenoxy) is 2. The SMILES string of the molecule is Cc1cc(C(=O)N=c2sc3cc4c(cc3n2C)OCO4)on1. The summed E-state index contributed by atoms with van der Waals surface area (Å²) in [6, 6.07) is 5.34. The number of aryl methyl sites for hydroxylation is 2. The zero-order valence-electron chi connectivity index (χ0n) is 11.8. The molecular formula is C14H11N3O4S. The molecule has 1 aliphatic rings. The summed E-state index contributed by atoms with van der Waals surface area (Å²) in [4.78, 5) is 16.8. The number of hydrogen-bond donors (Lipinski definition) is 0. The summed E-state index contributed by atoms with van der Waals surface area (Å²) in [5.41, 5.74) is 1.57. The molecule has 4 rings (SSSR count). The van der Waals surface area contributed by atoms with Crippen LogP contribution in [-0.4, -0.2) is 22.4 Å². The van der Waals surface area contributed by atoms with Gasteiger partial charge in [-0.2, -0.15) is 4.99 Å². The van der Waals surface area contributed by atoms with Gasteiger partial charge in [-0.1, -0.05) is 16.5 Å². The molecule has 0 aliphatic carbocycles. The van der Waals surface area contributed by atoms with Gasteiger partial charge in [-0.15, -0.1) is 0 Å². The number of aromatic nitrogens is 2. The van der Waals surface area contributed by atoms with Crippen LogP contribution in [0.25, 0.3) is 10.2 Å². The third kappa shape index (κ3) is 2.00. The van der Waals surface area contributed by atoms with Crippen LogP contribution in [0, 0.1) is 6.92 Å². The van der Waals surface area contributed by atoms with Crippen LogP contribution in [0.1, 0.15) is 16.2 Å². The van der Waals surface area contributed by atoms with Gasteiger partial charge in [-0.05, 0) is 6.92 Å². The Balaban J connectivity index is 1.83. The highest BCUT2D eigenvalue weighted by Crippen LogP contribution is 2.36. The third-order valence-corrected chi connectivity index (χ3v) is 4.43. The van der Waals surface area contributed by atoms with Gasteiger partial charge >= 0.3 is 5.91 Å². The van der Waals surface area contributed by atoms with Crippen molar-refractivity contribution in [1.82, 2.24) is 9.72 Å². The van der Waals surface area contributed by atoms with E-state index in [4.69, 9.17) is 14.0 Å². The standard InChI is InChI=1S/C14H11N3O4S/c1-7-3-11(21-16-7)13(18)15-14-17(2)8-4-9-10(20-6-19-9)5-12(8)22-14/h3-5H,6H2,1-2H3. The van der Waals surface area contributed by atoms with Crippen LogP contribution in [0.2, 0.25) is 0 Å². The second-order valence-corrected chi connectivity index (χ2v) is 5.88. The summed E-state index contributed by atoms with van der Waals surface area (Å²) in [6.07, 6.45) is 0. The first-order valence-corrected chi connectivity index (χ1v) is 7.35. The lowest BCUT2D eigenvalue weighted by atomic mass is 10.3. The highest BCUT2D eigenvalue weighted by molar-refractivity contribution is 7.16. The number of amides is 1. The van der Waals surface area contributed by atoms with E-state index in [1.54, 1.807) is 13.0 Å². The summed E-state index contributed by atoms with van der Waals surface area (Å²) in [6.45, 7) is 1.98. The van der Waals surface area contributed by atoms with Gasteiger partial charge in [0.25, 0.3) is 0 Å². The highest BCUT2D eigenvalue weighted by atomic mass is 32.1. The number of nitrogens with zero attached hydrogens (tertiary/aromatic N) is 3. The number of thiazole rings is 1. The topological polar surface area (TPSA) is 78.9 Å². The molecular weight excluding hydrogens is 306 g/mol. The molecule has 0 saturated heterocycles. The zero-order valence-corrected chi connectivity index (χ0v) is 12.6. The van der Waals surface area contributed by atoms with E-state index in [-0.39, 0.29) is 12.6 Å². The molecule has 3 heterocycles. The number of fused-ring (bicyclic) bond motifs is 2. The summed E-state index contributed by atoms with van der Waals surface area (Å²) < 4.78 is 18.5. The average molecular weight is 317 g/mol. The van der Waals surface area contributed by atoms with Gasteiger partial charge in [-0.25, -0.2) is 0 Å². The Bertz CT molecular complexity index is 966. The van der Waals surface area contributed by atoms with Crippen molar-refractivity contribution in [2.24, 2.45) is 12.0 Å². The van der Waals surface area contributed by atoms with E-state index in [0.29, 0.717) is 22.0 Å². The van der Waals surface area contributed by atoms with Crippen molar-refractivity contribution in [3.8, 4) is 11.5 Å². The van der Waals surface area contributed by atoms with Crippen LogP contribution >= 0.6 is 11.3 Å². The minimum absolute atomic E-state index is 0.129. The number of benzene rings is 1. The van der Waals surface area contributed by atoms with Crippen LogP contribution in [0.3, 0.4) is 0 Å². The van der Waals surface area contributed by atoms with Crippen molar-refractivity contribution in [1.29, 1.82) is 0 Å². The van der Waals surface area contributed by atoms with Crippen molar-refractivity contribution in [2.45, 2.75) is 6.92 Å². The average Bonchev–Trinajstić information content (AvgIpc) is 3.18. The first-order chi connectivity index (χ1) is 10.6. The fraction of sp³-hybridized carbons (Fsp3) is 0.214. The second kappa shape index (κ2) is 4.70. The Kier molecular flexibility index (Phi) is 2.80. The molecule has 0 unspecified atom stereocenters. The maximum atomic E-state index is 12.1. The number of hydrogen-bond acceptors (Lipinski definition) is 6. The molecule has 0 N–H and O–H groups in total. The number of carbonyl (C=O) groups is 1. The maximum absolute atomic E-state index is 12.1. The van der Waals surface area contributed by atoms with Gasteiger partial charge in [0, 0.05) is 25.2 Å². The first-order valence-electron chi connectivity index (χ1n) is 6.53. The van der Waals surface area contributed by atoms with Crippen molar-refractivity contribution in [3.63, 3.8) is 0 Å². The lowest BCUT2D eigenvalue weighted by molar-refractivity contribution is 0.0962. The van der Waals surface area contributed by atoms with Gasteiger partial charge < -0.3 is 18.6 Å². The molecule has 3 aromatic rings. The van der Waals surface area contributed by atoms with E-state index in [1.807, 2.05) is 23.7 Å². The minimum atomic E-state index is -0.456. The number of carbonyl (C=O) groups excluding carboxylic acids is 1. The summed E-state index contributed by atoms with van der Waals surface area (Å²) in [7, 11) is 1.85. The second-order valence-electron chi connectivity index (χ2n) is 4.87. The van der Waals surface area contributed by atoms with Gasteiger partial charge in [0.1, 0.15) is 0 Å². The molecule has 0 saturated carbocycles. The Morgan fingerprint density at radius 1 is 1.32 bits per heavy atom. The van der Waals surface area contributed by atoms with E-state index >= 15 is 0 Å². The van der Waals surface area contributed by atoms with Gasteiger partial charge in [0.05, 0.1) is 15.9 Å². The van der Waals surface area contributed by atoms with Crippen LogP contribution in [0.4, 0.5) is 0 Å². The smallest absolute Gasteiger partial charge is 0.318 e. The summed E-state index contributed by atoms with van der Waals surface area (Å²) in [5.74, 6) is 1.08. The summed E-state index contributed by atoms with van der Waals surface area (Å²) in [5, 5.41) is 3.69. The molecule has 0 radical (unpaired) electrons. The zero-order chi connectivity index (χ0) is 15.3. The number of rotatable bonds is 1. The Morgan fingerprint density at radius 2 is 2.09 bits per heavy atom. The van der Waals surface area contributed by atoms with E-state index < -0.39 is 5.91 Å². The molecule has 0 fully saturated rings. The van der Waals surface area contributed by atoms with E-state index in [9.17, 15) is 4.79 Å². The van der Waals surface area contributed by atoms with Crippen molar-refractivity contribution in [2.75, 3.05) is 6.79 Å². The van der Waals surface area contributed by atoms with Gasteiger partial charge in [0.15, 0.2) is 16.3 Å². The van der Waals surface area contributed by atoms with Crippen molar-refractivity contribution >= 4 is 27.5 Å². The first kappa shape index (κ1) is 13.1. The molecule has 1 aliphatic heterocycles. The maximum Gasteiger partial charge on any atom is 0.318 e. The van der Waals surface area contributed by atoms with E-state index in [0.717, 1.165) is 10.2 Å². The fourth-order valence-corrected chi connectivity index (χ4v) is 3.26. The largest absolute Gasteiger partial charge is 0.454 e. The quantitative estimate of drug-likeness (QED) is 0.686. The van der Waals surface area contributed by atoms with Gasteiger partial charge in [0.2, 0.25) is 12.6 Å². The predicted octanol–water partition coefficient (Wildman–Crippen LogP) is 2.01. The monoisotopic (exact) mass is 317 g/mol. The molecule has 1 aromatic carbocycles. The van der Waals surface area contributed by atoms with E-state index in [1.165, 1.54) is 11.3 Å². The Morgan fingerprint density at radius 3 is 2.82 bits per heavy atom. The molecule has 22 heavy (non-hydrogen) atoms. The molecule has 0 atom stereocenters. The molecule has 112 valence electrons. The minimum Gasteiger partial charge on any atom is -0.454 e.